The molecule has 0 aromatic carbocycles. The molecule has 1 aliphatic carbocycles. The molecule has 0 aromatic rings. The Hall–Kier alpha value is -0.650. The first-order chi connectivity index (χ1) is 8.89. The first kappa shape index (κ1) is 16.4. The molecule has 0 aromatic heterocycles. The second-order valence-electron chi connectivity index (χ2n) is 5.94. The monoisotopic (exact) mass is 272 g/mol. The highest BCUT2D eigenvalue weighted by Crippen LogP contribution is 2.25. The van der Waals surface area contributed by atoms with E-state index in [-0.39, 0.29) is 6.04 Å². The summed E-state index contributed by atoms with van der Waals surface area (Å²) in [6.07, 6.45) is 3.78. The lowest BCUT2D eigenvalue weighted by Gasteiger charge is -2.33. The van der Waals surface area contributed by atoms with Crippen molar-refractivity contribution in [1.29, 1.82) is 0 Å². The fourth-order valence-electron chi connectivity index (χ4n) is 2.31. The highest BCUT2D eigenvalue weighted by molar-refractivity contribution is 5.78. The quantitative estimate of drug-likeness (QED) is 0.587. The Morgan fingerprint density at radius 3 is 2.68 bits per heavy atom. The number of nitrogens with zero attached hydrogens (tertiary/aromatic N) is 1. The molecule has 2 unspecified atom stereocenters. The zero-order valence-electron chi connectivity index (χ0n) is 12.6. The van der Waals surface area contributed by atoms with Gasteiger partial charge in [-0.15, -0.1) is 0 Å². The molecule has 5 nitrogen and oxygen atoms in total. The van der Waals surface area contributed by atoms with Crippen LogP contribution in [-0.4, -0.2) is 60.9 Å². The molecule has 1 rings (SSSR count). The molecule has 19 heavy (non-hydrogen) atoms. The van der Waals surface area contributed by atoms with Gasteiger partial charge in [-0.05, 0) is 46.6 Å². The van der Waals surface area contributed by atoms with Gasteiger partial charge >= 0.3 is 5.97 Å². The standard InChI is InChI=1S/C14H28N2O3/c1-11(16(3)8-5-9-19-4)10-14(2,13(17)18)15-12-6-7-12/h11-12,15H,5-10H2,1-4H3,(H,17,18). The molecular formula is C14H28N2O3. The third-order valence-corrected chi connectivity index (χ3v) is 3.89. The fourth-order valence-corrected chi connectivity index (χ4v) is 2.31. The van der Waals surface area contributed by atoms with E-state index >= 15 is 0 Å². The minimum Gasteiger partial charge on any atom is -0.480 e. The van der Waals surface area contributed by atoms with E-state index in [1.807, 2.05) is 7.05 Å². The molecule has 0 aliphatic heterocycles. The van der Waals surface area contributed by atoms with Crippen molar-refractivity contribution in [2.45, 2.75) is 57.2 Å². The van der Waals surface area contributed by atoms with Crippen molar-refractivity contribution in [3.05, 3.63) is 0 Å². The summed E-state index contributed by atoms with van der Waals surface area (Å²) in [4.78, 5) is 13.7. The number of aliphatic carboxylic acids is 1. The highest BCUT2D eigenvalue weighted by Gasteiger charge is 2.39. The number of hydrogen-bond acceptors (Lipinski definition) is 4. The lowest BCUT2D eigenvalue weighted by atomic mass is 9.92. The van der Waals surface area contributed by atoms with Gasteiger partial charge in [0, 0.05) is 32.3 Å². The third-order valence-electron chi connectivity index (χ3n) is 3.89. The summed E-state index contributed by atoms with van der Waals surface area (Å²) in [5.41, 5.74) is -0.823. The van der Waals surface area contributed by atoms with E-state index in [1.54, 1.807) is 14.0 Å². The molecule has 0 amide bonds. The number of hydrogen-bond donors (Lipinski definition) is 2. The Labute approximate surface area is 116 Å². The average Bonchev–Trinajstić information content (AvgIpc) is 3.12. The van der Waals surface area contributed by atoms with Gasteiger partial charge in [-0.25, -0.2) is 0 Å². The van der Waals surface area contributed by atoms with Crippen LogP contribution in [0, 0.1) is 0 Å². The van der Waals surface area contributed by atoms with E-state index in [1.165, 1.54) is 0 Å². The van der Waals surface area contributed by atoms with Gasteiger partial charge in [0.1, 0.15) is 5.54 Å². The van der Waals surface area contributed by atoms with Gasteiger partial charge < -0.3 is 14.7 Å². The second-order valence-corrected chi connectivity index (χ2v) is 5.94. The van der Waals surface area contributed by atoms with Crippen LogP contribution in [0.3, 0.4) is 0 Å². The van der Waals surface area contributed by atoms with Gasteiger partial charge in [0.05, 0.1) is 0 Å². The van der Waals surface area contributed by atoms with Crippen molar-refractivity contribution in [2.24, 2.45) is 0 Å². The topological polar surface area (TPSA) is 61.8 Å². The normalized spacial score (nSPS) is 20.3. The zero-order valence-corrected chi connectivity index (χ0v) is 12.6. The van der Waals surface area contributed by atoms with E-state index < -0.39 is 11.5 Å². The van der Waals surface area contributed by atoms with Gasteiger partial charge in [0.15, 0.2) is 0 Å². The summed E-state index contributed by atoms with van der Waals surface area (Å²) in [5.74, 6) is -0.753. The van der Waals surface area contributed by atoms with Crippen molar-refractivity contribution >= 4 is 5.97 Å². The van der Waals surface area contributed by atoms with Gasteiger partial charge in [-0.3, -0.25) is 10.1 Å². The Balaban J connectivity index is 2.45. The molecule has 0 saturated heterocycles. The Kier molecular flexibility index (Phi) is 6.23. The first-order valence-electron chi connectivity index (χ1n) is 7.09. The number of carboxylic acids is 1. The van der Waals surface area contributed by atoms with Crippen molar-refractivity contribution < 1.29 is 14.6 Å². The van der Waals surface area contributed by atoms with Gasteiger partial charge in [0.2, 0.25) is 0 Å². The van der Waals surface area contributed by atoms with Crippen LogP contribution in [0.15, 0.2) is 0 Å². The number of rotatable bonds is 10. The van der Waals surface area contributed by atoms with Crippen molar-refractivity contribution in [2.75, 3.05) is 27.3 Å². The molecule has 1 saturated carbocycles. The van der Waals surface area contributed by atoms with Gasteiger partial charge in [0.25, 0.3) is 0 Å². The Morgan fingerprint density at radius 2 is 2.21 bits per heavy atom. The highest BCUT2D eigenvalue weighted by atomic mass is 16.5. The number of nitrogens with one attached hydrogen (secondary N) is 1. The summed E-state index contributed by atoms with van der Waals surface area (Å²) in [6.45, 7) is 5.55. The SMILES string of the molecule is COCCCN(C)C(C)CC(C)(NC1CC1)C(=O)O. The van der Waals surface area contributed by atoms with Crippen LogP contribution in [0.4, 0.5) is 0 Å². The minimum atomic E-state index is -0.823. The van der Waals surface area contributed by atoms with E-state index in [4.69, 9.17) is 4.74 Å². The largest absolute Gasteiger partial charge is 0.480 e. The van der Waals surface area contributed by atoms with Crippen LogP contribution in [0.2, 0.25) is 0 Å². The smallest absolute Gasteiger partial charge is 0.323 e. The zero-order chi connectivity index (χ0) is 14.5. The second kappa shape index (κ2) is 7.22. The molecule has 5 heteroatoms. The summed E-state index contributed by atoms with van der Waals surface area (Å²) >= 11 is 0. The van der Waals surface area contributed by atoms with Crippen molar-refractivity contribution in [1.82, 2.24) is 10.2 Å². The molecular weight excluding hydrogens is 244 g/mol. The van der Waals surface area contributed by atoms with Crippen LogP contribution in [0.1, 0.15) is 39.5 Å². The summed E-state index contributed by atoms with van der Waals surface area (Å²) < 4.78 is 5.04. The fraction of sp³-hybridized carbons (Fsp3) is 0.929. The van der Waals surface area contributed by atoms with Gasteiger partial charge in [-0.1, -0.05) is 0 Å². The molecule has 0 heterocycles. The van der Waals surface area contributed by atoms with Crippen LogP contribution < -0.4 is 5.32 Å². The number of ether oxygens (including phenoxy) is 1. The predicted octanol–water partition coefficient (Wildman–Crippen LogP) is 1.33. The molecule has 1 aliphatic rings. The maximum atomic E-state index is 11.5. The molecule has 0 radical (unpaired) electrons. The number of carbonyl (C=O) groups is 1. The van der Waals surface area contributed by atoms with Gasteiger partial charge in [-0.2, -0.15) is 0 Å². The molecule has 2 atom stereocenters. The summed E-state index contributed by atoms with van der Waals surface area (Å²) in [7, 11) is 3.74. The molecule has 0 spiro atoms. The van der Waals surface area contributed by atoms with Crippen LogP contribution >= 0.6 is 0 Å². The summed E-state index contributed by atoms with van der Waals surface area (Å²) in [6, 6.07) is 0.622. The van der Waals surface area contributed by atoms with Crippen molar-refractivity contribution in [3.8, 4) is 0 Å². The van der Waals surface area contributed by atoms with E-state index in [0.29, 0.717) is 12.5 Å². The molecule has 2 N–H and O–H groups in total. The number of carboxylic acid groups (broad SMARTS) is 1. The van der Waals surface area contributed by atoms with E-state index in [0.717, 1.165) is 32.4 Å². The lowest BCUT2D eigenvalue weighted by molar-refractivity contribution is -0.145. The lowest BCUT2D eigenvalue weighted by Crippen LogP contribution is -2.54. The summed E-state index contributed by atoms with van der Waals surface area (Å²) in [5, 5.41) is 12.7. The molecule has 0 bridgehead atoms. The maximum Gasteiger partial charge on any atom is 0.323 e. The average molecular weight is 272 g/mol. The Morgan fingerprint density at radius 1 is 1.58 bits per heavy atom. The maximum absolute atomic E-state index is 11.5. The van der Waals surface area contributed by atoms with E-state index in [2.05, 4.69) is 17.1 Å². The molecule has 112 valence electrons. The van der Waals surface area contributed by atoms with Crippen LogP contribution in [-0.2, 0) is 9.53 Å². The predicted molar refractivity (Wildman–Crippen MR) is 75.4 cm³/mol. The van der Waals surface area contributed by atoms with E-state index in [9.17, 15) is 9.90 Å². The van der Waals surface area contributed by atoms with Crippen LogP contribution in [0.25, 0.3) is 0 Å². The first-order valence-corrected chi connectivity index (χ1v) is 7.09. The van der Waals surface area contributed by atoms with Crippen LogP contribution in [0.5, 0.6) is 0 Å². The molecule has 1 fully saturated rings. The minimum absolute atomic E-state index is 0.226. The van der Waals surface area contributed by atoms with Crippen molar-refractivity contribution in [3.63, 3.8) is 0 Å². The number of methoxy groups -OCH3 is 1. The Bertz CT molecular complexity index is 294. The third kappa shape index (κ3) is 5.47.